The van der Waals surface area contributed by atoms with Gasteiger partial charge in [-0.05, 0) is 31.6 Å². The van der Waals surface area contributed by atoms with Gasteiger partial charge >= 0.3 is 0 Å². The number of nitrogens with zero attached hydrogens (tertiary/aromatic N) is 1. The largest absolute Gasteiger partial charge is 0.322 e. The SMILES string of the molecule is CC(N)c1nc(CNC2CCC(C)(C)C2)cs1. The normalized spacial score (nSPS) is 25.1. The first-order valence-electron chi connectivity index (χ1n) is 6.39. The van der Waals surface area contributed by atoms with E-state index in [1.165, 1.54) is 19.3 Å². The van der Waals surface area contributed by atoms with Crippen molar-refractivity contribution in [2.75, 3.05) is 0 Å². The van der Waals surface area contributed by atoms with Crippen LogP contribution in [-0.2, 0) is 6.54 Å². The molecule has 1 aliphatic rings. The molecule has 3 nitrogen and oxygen atoms in total. The van der Waals surface area contributed by atoms with E-state index in [2.05, 4.69) is 29.5 Å². The number of hydrogen-bond acceptors (Lipinski definition) is 4. The second kappa shape index (κ2) is 5.04. The number of thiazole rings is 1. The monoisotopic (exact) mass is 253 g/mol. The van der Waals surface area contributed by atoms with Gasteiger partial charge < -0.3 is 11.1 Å². The van der Waals surface area contributed by atoms with Crippen molar-refractivity contribution in [3.63, 3.8) is 0 Å². The highest BCUT2D eigenvalue weighted by Gasteiger charge is 2.30. The van der Waals surface area contributed by atoms with Gasteiger partial charge in [0, 0.05) is 18.0 Å². The van der Waals surface area contributed by atoms with Crippen molar-refractivity contribution < 1.29 is 0 Å². The molecule has 1 aromatic heterocycles. The molecule has 2 unspecified atom stereocenters. The third kappa shape index (κ3) is 3.50. The van der Waals surface area contributed by atoms with E-state index in [1.807, 2.05) is 6.92 Å². The summed E-state index contributed by atoms with van der Waals surface area (Å²) in [7, 11) is 0. The molecule has 0 amide bonds. The van der Waals surface area contributed by atoms with Crippen LogP contribution in [0.15, 0.2) is 5.38 Å². The van der Waals surface area contributed by atoms with Crippen molar-refractivity contribution in [3.8, 4) is 0 Å². The second-order valence-corrected chi connectivity index (χ2v) is 6.84. The molecule has 3 N–H and O–H groups in total. The molecule has 0 aromatic carbocycles. The average Bonchev–Trinajstić information content (AvgIpc) is 2.81. The van der Waals surface area contributed by atoms with Gasteiger partial charge in [-0.25, -0.2) is 4.98 Å². The summed E-state index contributed by atoms with van der Waals surface area (Å²) in [5, 5.41) is 6.76. The van der Waals surface area contributed by atoms with Gasteiger partial charge in [0.05, 0.1) is 11.7 Å². The predicted molar refractivity (Wildman–Crippen MR) is 73.0 cm³/mol. The van der Waals surface area contributed by atoms with Gasteiger partial charge in [-0.1, -0.05) is 13.8 Å². The lowest BCUT2D eigenvalue weighted by molar-refractivity contribution is 0.364. The Labute approximate surface area is 108 Å². The zero-order chi connectivity index (χ0) is 12.5. The lowest BCUT2D eigenvalue weighted by atomic mass is 9.92. The molecule has 0 saturated heterocycles. The standard InChI is InChI=1S/C13H23N3S/c1-9(14)12-16-11(8-17-12)7-15-10-4-5-13(2,3)6-10/h8-10,15H,4-7,14H2,1-3H3. The molecule has 0 bridgehead atoms. The fraction of sp³-hybridized carbons (Fsp3) is 0.769. The molecule has 17 heavy (non-hydrogen) atoms. The topological polar surface area (TPSA) is 50.9 Å². The maximum Gasteiger partial charge on any atom is 0.109 e. The summed E-state index contributed by atoms with van der Waals surface area (Å²) in [6, 6.07) is 0.713. The van der Waals surface area contributed by atoms with Gasteiger partial charge in [0.2, 0.25) is 0 Å². The maximum absolute atomic E-state index is 5.81. The van der Waals surface area contributed by atoms with E-state index in [1.54, 1.807) is 11.3 Å². The van der Waals surface area contributed by atoms with Crippen LogP contribution in [-0.4, -0.2) is 11.0 Å². The van der Waals surface area contributed by atoms with Crippen LogP contribution >= 0.6 is 11.3 Å². The van der Waals surface area contributed by atoms with E-state index in [0.717, 1.165) is 17.2 Å². The summed E-state index contributed by atoms with van der Waals surface area (Å²) in [6.07, 6.45) is 3.89. The molecule has 0 radical (unpaired) electrons. The lowest BCUT2D eigenvalue weighted by Crippen LogP contribution is -2.27. The van der Waals surface area contributed by atoms with Crippen molar-refractivity contribution >= 4 is 11.3 Å². The number of rotatable bonds is 4. The van der Waals surface area contributed by atoms with Crippen molar-refractivity contribution in [1.82, 2.24) is 10.3 Å². The van der Waals surface area contributed by atoms with Gasteiger partial charge in [0.25, 0.3) is 0 Å². The molecule has 1 heterocycles. The summed E-state index contributed by atoms with van der Waals surface area (Å²) in [4.78, 5) is 4.54. The van der Waals surface area contributed by atoms with E-state index < -0.39 is 0 Å². The molecule has 1 saturated carbocycles. The Kier molecular flexibility index (Phi) is 3.85. The summed E-state index contributed by atoms with van der Waals surface area (Å²) in [5.41, 5.74) is 7.45. The van der Waals surface area contributed by atoms with Crippen LogP contribution in [0, 0.1) is 5.41 Å². The first-order chi connectivity index (χ1) is 7.96. The van der Waals surface area contributed by atoms with Crippen LogP contribution in [0.5, 0.6) is 0 Å². The predicted octanol–water partition coefficient (Wildman–Crippen LogP) is 2.83. The van der Waals surface area contributed by atoms with Gasteiger partial charge in [-0.2, -0.15) is 0 Å². The number of hydrogen-bond donors (Lipinski definition) is 2. The Balaban J connectivity index is 1.82. The first-order valence-corrected chi connectivity index (χ1v) is 7.27. The summed E-state index contributed by atoms with van der Waals surface area (Å²) in [5.74, 6) is 0. The lowest BCUT2D eigenvalue weighted by Gasteiger charge is -2.17. The van der Waals surface area contributed by atoms with Gasteiger partial charge in [0.15, 0.2) is 0 Å². The summed E-state index contributed by atoms with van der Waals surface area (Å²) in [6.45, 7) is 7.57. The summed E-state index contributed by atoms with van der Waals surface area (Å²) >= 11 is 1.66. The molecule has 0 aliphatic heterocycles. The van der Waals surface area contributed by atoms with Crippen LogP contribution in [0.3, 0.4) is 0 Å². The Morgan fingerprint density at radius 3 is 2.94 bits per heavy atom. The fourth-order valence-corrected chi connectivity index (χ4v) is 3.25. The number of nitrogens with one attached hydrogen (secondary N) is 1. The van der Waals surface area contributed by atoms with E-state index in [-0.39, 0.29) is 6.04 Å². The van der Waals surface area contributed by atoms with Crippen LogP contribution in [0.1, 0.15) is 56.8 Å². The van der Waals surface area contributed by atoms with E-state index >= 15 is 0 Å². The molecule has 1 aliphatic carbocycles. The minimum absolute atomic E-state index is 0.0548. The van der Waals surface area contributed by atoms with E-state index in [0.29, 0.717) is 11.5 Å². The van der Waals surface area contributed by atoms with Crippen LogP contribution in [0.4, 0.5) is 0 Å². The van der Waals surface area contributed by atoms with Crippen LogP contribution < -0.4 is 11.1 Å². The van der Waals surface area contributed by atoms with Crippen molar-refractivity contribution in [2.45, 2.75) is 58.7 Å². The van der Waals surface area contributed by atoms with Crippen molar-refractivity contribution in [2.24, 2.45) is 11.1 Å². The average molecular weight is 253 g/mol. The smallest absolute Gasteiger partial charge is 0.109 e. The van der Waals surface area contributed by atoms with Crippen molar-refractivity contribution in [1.29, 1.82) is 0 Å². The maximum atomic E-state index is 5.81. The van der Waals surface area contributed by atoms with Crippen LogP contribution in [0.25, 0.3) is 0 Å². The van der Waals surface area contributed by atoms with E-state index in [4.69, 9.17) is 5.73 Å². The van der Waals surface area contributed by atoms with Gasteiger partial charge in [0.1, 0.15) is 5.01 Å². The Bertz CT molecular complexity index is 370. The highest BCUT2D eigenvalue weighted by molar-refractivity contribution is 7.09. The summed E-state index contributed by atoms with van der Waals surface area (Å²) < 4.78 is 0. The number of aromatic nitrogens is 1. The zero-order valence-electron chi connectivity index (χ0n) is 11.0. The van der Waals surface area contributed by atoms with Crippen LogP contribution in [0.2, 0.25) is 0 Å². The highest BCUT2D eigenvalue weighted by atomic mass is 32.1. The third-order valence-electron chi connectivity index (χ3n) is 3.50. The minimum Gasteiger partial charge on any atom is -0.322 e. The van der Waals surface area contributed by atoms with E-state index in [9.17, 15) is 0 Å². The molecule has 1 aromatic rings. The van der Waals surface area contributed by atoms with Gasteiger partial charge in [-0.3, -0.25) is 0 Å². The molecule has 1 fully saturated rings. The Morgan fingerprint density at radius 1 is 1.65 bits per heavy atom. The Hall–Kier alpha value is -0.450. The zero-order valence-corrected chi connectivity index (χ0v) is 11.8. The molecule has 2 rings (SSSR count). The molecular formula is C13H23N3S. The molecule has 0 spiro atoms. The quantitative estimate of drug-likeness (QED) is 0.867. The molecule has 96 valence electrons. The third-order valence-corrected chi connectivity index (χ3v) is 4.59. The van der Waals surface area contributed by atoms with Crippen molar-refractivity contribution in [3.05, 3.63) is 16.1 Å². The molecule has 2 atom stereocenters. The fourth-order valence-electron chi connectivity index (χ4n) is 2.47. The first kappa shape index (κ1) is 13.0. The minimum atomic E-state index is 0.0548. The molecular weight excluding hydrogens is 230 g/mol. The van der Waals surface area contributed by atoms with Gasteiger partial charge in [-0.15, -0.1) is 11.3 Å². The second-order valence-electron chi connectivity index (χ2n) is 5.95. The Morgan fingerprint density at radius 2 is 2.41 bits per heavy atom. The number of nitrogens with two attached hydrogens (primary N) is 1. The molecule has 4 heteroatoms. The highest BCUT2D eigenvalue weighted by Crippen LogP contribution is 2.36.